The zero-order valence-electron chi connectivity index (χ0n) is 22.1. The monoisotopic (exact) mass is 525 g/mol. The number of amides is 1. The van der Waals surface area contributed by atoms with Gasteiger partial charge in [0, 0.05) is 18.2 Å². The number of rotatable bonds is 11. The molecule has 2 aromatic carbocycles. The van der Waals surface area contributed by atoms with Gasteiger partial charge in [-0.25, -0.2) is 4.68 Å². The number of carbonyl (C=O) groups excluding carboxylic acids is 1. The third-order valence-electron chi connectivity index (χ3n) is 8.02. The van der Waals surface area contributed by atoms with Crippen molar-refractivity contribution in [1.29, 1.82) is 0 Å². The van der Waals surface area contributed by atoms with Crippen LogP contribution in [0.5, 0.6) is 0 Å². The van der Waals surface area contributed by atoms with E-state index >= 15 is 0 Å². The Morgan fingerprint density at radius 2 is 1.74 bits per heavy atom. The number of nitrogens with one attached hydrogen (secondary N) is 1. The number of carbonyl (C=O) groups is 2. The van der Waals surface area contributed by atoms with E-state index in [9.17, 15) is 19.5 Å². The molecule has 1 amide bonds. The third-order valence-corrected chi connectivity index (χ3v) is 8.02. The van der Waals surface area contributed by atoms with Gasteiger partial charge in [0.2, 0.25) is 5.91 Å². The molecule has 2 aliphatic carbocycles. The van der Waals surface area contributed by atoms with Crippen LogP contribution in [-0.2, 0) is 16.1 Å². The predicted octanol–water partition coefficient (Wildman–Crippen LogP) is 5.16. The van der Waals surface area contributed by atoms with E-state index in [1.165, 1.54) is 4.68 Å². The topological polar surface area (TPSA) is 101 Å². The lowest BCUT2D eigenvalue weighted by molar-refractivity contribution is -0.141. The normalized spacial score (nSPS) is 17.2. The van der Waals surface area contributed by atoms with Gasteiger partial charge >= 0.3 is 5.97 Å². The van der Waals surface area contributed by atoms with Crippen LogP contribution in [-0.4, -0.2) is 33.3 Å². The van der Waals surface area contributed by atoms with Crippen LogP contribution >= 0.6 is 0 Å². The van der Waals surface area contributed by atoms with Gasteiger partial charge < -0.3 is 10.4 Å². The molecule has 0 aliphatic heterocycles. The summed E-state index contributed by atoms with van der Waals surface area (Å²) in [4.78, 5) is 37.1. The van der Waals surface area contributed by atoms with E-state index in [1.54, 1.807) is 18.2 Å². The molecule has 2 aliphatic rings. The SMILES string of the molecule is O=C(NCCC=CC1(C(=O)O)CC1)C(c1ccc(Cn2nc(-c3ccccc3)ccc2=O)cc1)C1CCCC1. The lowest BCUT2D eigenvalue weighted by atomic mass is 9.83. The minimum Gasteiger partial charge on any atom is -0.481 e. The molecule has 1 unspecified atom stereocenters. The van der Waals surface area contributed by atoms with Gasteiger partial charge in [-0.3, -0.25) is 14.4 Å². The van der Waals surface area contributed by atoms with Gasteiger partial charge in [0.25, 0.3) is 5.56 Å². The van der Waals surface area contributed by atoms with Gasteiger partial charge in [0.15, 0.2) is 0 Å². The Morgan fingerprint density at radius 3 is 2.41 bits per heavy atom. The van der Waals surface area contributed by atoms with E-state index < -0.39 is 11.4 Å². The zero-order chi connectivity index (χ0) is 27.2. The average molecular weight is 526 g/mol. The van der Waals surface area contributed by atoms with Crippen LogP contribution in [0.4, 0.5) is 0 Å². The molecular weight excluding hydrogens is 490 g/mol. The van der Waals surface area contributed by atoms with Crippen LogP contribution < -0.4 is 10.9 Å². The Morgan fingerprint density at radius 1 is 1.03 bits per heavy atom. The number of aromatic nitrogens is 2. The molecule has 2 N–H and O–H groups in total. The smallest absolute Gasteiger partial charge is 0.313 e. The van der Waals surface area contributed by atoms with Crippen molar-refractivity contribution >= 4 is 11.9 Å². The number of nitrogens with zero attached hydrogens (tertiary/aromatic N) is 2. The van der Waals surface area contributed by atoms with Crippen LogP contribution in [0.3, 0.4) is 0 Å². The maximum Gasteiger partial charge on any atom is 0.313 e. The summed E-state index contributed by atoms with van der Waals surface area (Å²) in [6, 6.07) is 21.0. The summed E-state index contributed by atoms with van der Waals surface area (Å²) in [6.45, 7) is 0.836. The second kappa shape index (κ2) is 11.8. The molecule has 1 aromatic heterocycles. The van der Waals surface area contributed by atoms with Gasteiger partial charge in [0.1, 0.15) is 0 Å². The Bertz CT molecular complexity index is 1380. The molecule has 0 spiro atoms. The largest absolute Gasteiger partial charge is 0.481 e. The van der Waals surface area contributed by atoms with Gasteiger partial charge in [0.05, 0.1) is 23.6 Å². The molecule has 202 valence electrons. The zero-order valence-corrected chi connectivity index (χ0v) is 22.1. The molecule has 7 nitrogen and oxygen atoms in total. The fourth-order valence-electron chi connectivity index (χ4n) is 5.54. The highest BCUT2D eigenvalue weighted by atomic mass is 16.4. The fourth-order valence-corrected chi connectivity index (χ4v) is 5.54. The molecule has 2 saturated carbocycles. The van der Waals surface area contributed by atoms with Crippen molar-refractivity contribution in [1.82, 2.24) is 15.1 Å². The average Bonchev–Trinajstić information content (AvgIpc) is 3.56. The second-order valence-corrected chi connectivity index (χ2v) is 10.8. The van der Waals surface area contributed by atoms with Crippen molar-refractivity contribution in [3.8, 4) is 11.3 Å². The summed E-state index contributed by atoms with van der Waals surface area (Å²) < 4.78 is 1.47. The summed E-state index contributed by atoms with van der Waals surface area (Å²) in [5.74, 6) is -0.658. The van der Waals surface area contributed by atoms with E-state index in [0.29, 0.717) is 38.3 Å². The van der Waals surface area contributed by atoms with E-state index in [2.05, 4.69) is 10.4 Å². The van der Waals surface area contributed by atoms with Gasteiger partial charge in [-0.2, -0.15) is 5.10 Å². The summed E-state index contributed by atoms with van der Waals surface area (Å²) in [6.07, 6.45) is 9.99. The predicted molar refractivity (Wildman–Crippen MR) is 150 cm³/mol. The molecule has 0 radical (unpaired) electrons. The summed E-state index contributed by atoms with van der Waals surface area (Å²) in [7, 11) is 0. The minimum absolute atomic E-state index is 0.0240. The molecule has 1 heterocycles. The summed E-state index contributed by atoms with van der Waals surface area (Å²) >= 11 is 0. The standard InChI is InChI=1S/C32H35N3O4/c36-28-17-16-27(24-8-2-1-3-9-24)34-35(28)22-23-12-14-26(15-13-23)29(25-10-4-5-11-25)30(37)33-21-7-6-18-32(19-20-32)31(38)39/h1-3,6,8-9,12-18,25,29H,4-5,7,10-11,19-22H2,(H,33,37)(H,38,39). The van der Waals surface area contributed by atoms with Crippen LogP contribution in [0.15, 0.2) is 83.7 Å². The maximum atomic E-state index is 13.3. The first-order valence-corrected chi connectivity index (χ1v) is 13.9. The lowest BCUT2D eigenvalue weighted by Gasteiger charge is -2.23. The number of benzene rings is 2. The molecule has 5 rings (SSSR count). The van der Waals surface area contributed by atoms with E-state index in [4.69, 9.17) is 0 Å². The number of carboxylic acids is 1. The van der Waals surface area contributed by atoms with Gasteiger partial charge in [-0.1, -0.05) is 79.6 Å². The van der Waals surface area contributed by atoms with Crippen molar-refractivity contribution in [3.63, 3.8) is 0 Å². The Hall–Kier alpha value is -4.00. The van der Waals surface area contributed by atoms with Crippen molar-refractivity contribution in [3.05, 3.63) is 100 Å². The fraction of sp³-hybridized carbons (Fsp3) is 0.375. The minimum atomic E-state index is -0.767. The highest BCUT2D eigenvalue weighted by molar-refractivity contribution is 5.84. The summed E-state index contributed by atoms with van der Waals surface area (Å²) in [5.41, 5.74) is 2.79. The molecular formula is C32H35N3O4. The first-order chi connectivity index (χ1) is 18.9. The number of aliphatic carboxylic acids is 1. The van der Waals surface area contributed by atoms with Crippen LogP contribution in [0.2, 0.25) is 0 Å². The third kappa shape index (κ3) is 6.36. The molecule has 1 atom stereocenters. The number of hydrogen-bond donors (Lipinski definition) is 2. The molecule has 39 heavy (non-hydrogen) atoms. The van der Waals surface area contributed by atoms with E-state index in [1.807, 2.05) is 60.7 Å². The van der Waals surface area contributed by atoms with Crippen LogP contribution in [0.1, 0.15) is 62.0 Å². The number of carboxylic acid groups (broad SMARTS) is 1. The van der Waals surface area contributed by atoms with E-state index in [0.717, 1.165) is 48.1 Å². The first-order valence-electron chi connectivity index (χ1n) is 13.9. The highest BCUT2D eigenvalue weighted by Gasteiger charge is 2.47. The quantitative estimate of drug-likeness (QED) is 0.266. The Labute approximate surface area is 228 Å². The highest BCUT2D eigenvalue weighted by Crippen LogP contribution is 2.47. The van der Waals surface area contributed by atoms with Crippen molar-refractivity contribution < 1.29 is 14.7 Å². The van der Waals surface area contributed by atoms with Crippen molar-refractivity contribution in [2.75, 3.05) is 6.54 Å². The summed E-state index contributed by atoms with van der Waals surface area (Å²) in [5, 5.41) is 17.0. The molecule has 7 heteroatoms. The molecule has 2 fully saturated rings. The second-order valence-electron chi connectivity index (χ2n) is 10.8. The Balaban J connectivity index is 1.25. The van der Waals surface area contributed by atoms with Crippen LogP contribution in [0.25, 0.3) is 11.3 Å². The maximum absolute atomic E-state index is 13.3. The van der Waals surface area contributed by atoms with E-state index in [-0.39, 0.29) is 17.4 Å². The van der Waals surface area contributed by atoms with Gasteiger partial charge in [-0.15, -0.1) is 0 Å². The molecule has 3 aromatic rings. The van der Waals surface area contributed by atoms with Crippen molar-refractivity contribution in [2.45, 2.75) is 57.4 Å². The van der Waals surface area contributed by atoms with Crippen LogP contribution in [0, 0.1) is 11.3 Å². The first kappa shape index (κ1) is 26.6. The molecule has 0 bridgehead atoms. The number of hydrogen-bond acceptors (Lipinski definition) is 4. The Kier molecular flexibility index (Phi) is 8.05. The molecule has 0 saturated heterocycles. The lowest BCUT2D eigenvalue weighted by Crippen LogP contribution is -2.33. The van der Waals surface area contributed by atoms with Gasteiger partial charge in [-0.05, 0) is 55.2 Å². The van der Waals surface area contributed by atoms with Crippen molar-refractivity contribution in [2.24, 2.45) is 11.3 Å².